The molecule has 2 aliphatic rings. The number of sulfone groups is 1. The Morgan fingerprint density at radius 1 is 1.07 bits per heavy atom. The average Bonchev–Trinajstić information content (AvgIpc) is 3.36. The van der Waals surface area contributed by atoms with E-state index in [0.29, 0.717) is 28.9 Å². The summed E-state index contributed by atoms with van der Waals surface area (Å²) in [6, 6.07) is 15.5. The van der Waals surface area contributed by atoms with Gasteiger partial charge in [-0.2, -0.15) is 5.10 Å². The van der Waals surface area contributed by atoms with Crippen molar-refractivity contribution in [1.82, 2.24) is 15.1 Å². The van der Waals surface area contributed by atoms with E-state index >= 15 is 0 Å². The molecule has 1 fully saturated rings. The van der Waals surface area contributed by atoms with Crippen LogP contribution >= 0.6 is 0 Å². The summed E-state index contributed by atoms with van der Waals surface area (Å²) in [6.45, 7) is 0. The van der Waals surface area contributed by atoms with Gasteiger partial charge in [-0.25, -0.2) is 8.42 Å². The highest BCUT2D eigenvalue weighted by Crippen LogP contribution is 2.46. The Balaban J connectivity index is 1.69. The van der Waals surface area contributed by atoms with Crippen LogP contribution in [0.3, 0.4) is 0 Å². The van der Waals surface area contributed by atoms with Crippen LogP contribution < -0.4 is 0 Å². The van der Waals surface area contributed by atoms with Crippen molar-refractivity contribution in [3.63, 3.8) is 0 Å². The van der Waals surface area contributed by atoms with Crippen LogP contribution in [0.25, 0.3) is 11.3 Å². The third-order valence-corrected chi connectivity index (χ3v) is 7.43. The highest BCUT2D eigenvalue weighted by molar-refractivity contribution is 7.91. The van der Waals surface area contributed by atoms with E-state index < -0.39 is 21.9 Å². The Hall–Kier alpha value is -3.13. The third kappa shape index (κ3) is 2.82. The number of rotatable bonds is 3. The van der Waals surface area contributed by atoms with Gasteiger partial charge in [-0.1, -0.05) is 42.5 Å². The Morgan fingerprint density at radius 2 is 1.79 bits per heavy atom. The first-order valence-corrected chi connectivity index (χ1v) is 11.2. The van der Waals surface area contributed by atoms with Gasteiger partial charge in [-0.15, -0.1) is 0 Å². The number of fused-ring (bicyclic) bond motifs is 1. The summed E-state index contributed by atoms with van der Waals surface area (Å²) < 4.78 is 24.2. The molecule has 0 aliphatic carbocycles. The van der Waals surface area contributed by atoms with Crippen molar-refractivity contribution < 1.29 is 18.3 Å². The molecule has 2 N–H and O–H groups in total. The Morgan fingerprint density at radius 3 is 2.48 bits per heavy atom. The third-order valence-electron chi connectivity index (χ3n) is 5.68. The molecule has 5 rings (SSSR count). The molecule has 1 aromatic heterocycles. The first-order chi connectivity index (χ1) is 14.0. The molecule has 7 nitrogen and oxygen atoms in total. The van der Waals surface area contributed by atoms with Crippen LogP contribution in [0, 0.1) is 0 Å². The van der Waals surface area contributed by atoms with Crippen LogP contribution in [0.5, 0.6) is 5.75 Å². The highest BCUT2D eigenvalue weighted by atomic mass is 32.2. The summed E-state index contributed by atoms with van der Waals surface area (Å²) in [6.07, 6.45) is 0.418. The van der Waals surface area contributed by atoms with Gasteiger partial charge in [0.1, 0.15) is 17.1 Å². The van der Waals surface area contributed by atoms with E-state index in [-0.39, 0.29) is 23.2 Å². The fraction of sp³-hybridized carbons (Fsp3) is 0.238. The number of aromatic amines is 1. The van der Waals surface area contributed by atoms with Gasteiger partial charge < -0.3 is 10.0 Å². The summed E-state index contributed by atoms with van der Waals surface area (Å²) in [5.41, 5.74) is 2.93. The summed E-state index contributed by atoms with van der Waals surface area (Å²) in [5, 5.41) is 17.5. The number of H-pyrrole nitrogens is 1. The topological polar surface area (TPSA) is 103 Å². The largest absolute Gasteiger partial charge is 0.507 e. The predicted molar refractivity (Wildman–Crippen MR) is 107 cm³/mol. The maximum Gasteiger partial charge on any atom is 0.273 e. The quantitative estimate of drug-likeness (QED) is 0.692. The Kier molecular flexibility index (Phi) is 3.99. The van der Waals surface area contributed by atoms with E-state index in [1.807, 2.05) is 30.3 Å². The number of amides is 1. The van der Waals surface area contributed by atoms with Gasteiger partial charge in [-0.05, 0) is 24.1 Å². The summed E-state index contributed by atoms with van der Waals surface area (Å²) in [7, 11) is -3.16. The molecular weight excluding hydrogens is 390 g/mol. The molecule has 2 atom stereocenters. The fourth-order valence-electron chi connectivity index (χ4n) is 4.38. The van der Waals surface area contributed by atoms with Crippen LogP contribution in [-0.2, 0) is 9.84 Å². The molecule has 29 heavy (non-hydrogen) atoms. The maximum atomic E-state index is 13.3. The molecule has 0 spiro atoms. The molecule has 2 aliphatic heterocycles. The molecule has 0 unspecified atom stereocenters. The van der Waals surface area contributed by atoms with E-state index in [2.05, 4.69) is 10.2 Å². The molecular formula is C21H19N3O4S. The number of aromatic hydroxyl groups is 1. The van der Waals surface area contributed by atoms with Gasteiger partial charge in [0.05, 0.1) is 17.5 Å². The van der Waals surface area contributed by atoms with Gasteiger partial charge >= 0.3 is 0 Å². The van der Waals surface area contributed by atoms with E-state index in [9.17, 15) is 18.3 Å². The van der Waals surface area contributed by atoms with E-state index in [1.165, 1.54) is 0 Å². The number of carbonyl (C=O) groups is 1. The molecule has 0 saturated carbocycles. The molecule has 2 aromatic carbocycles. The van der Waals surface area contributed by atoms with Crippen LogP contribution in [0.4, 0.5) is 0 Å². The van der Waals surface area contributed by atoms with Gasteiger partial charge in [-0.3, -0.25) is 9.89 Å². The normalized spacial score (nSPS) is 22.8. The number of phenolic OH excluding ortho intramolecular Hbond substituents is 1. The molecule has 148 valence electrons. The van der Waals surface area contributed by atoms with Crippen molar-refractivity contribution in [3.05, 3.63) is 71.4 Å². The lowest BCUT2D eigenvalue weighted by molar-refractivity contribution is 0.0678. The number of nitrogens with zero attached hydrogens (tertiary/aromatic N) is 2. The lowest BCUT2D eigenvalue weighted by Crippen LogP contribution is -2.40. The van der Waals surface area contributed by atoms with E-state index in [4.69, 9.17) is 0 Å². The zero-order valence-corrected chi connectivity index (χ0v) is 16.3. The number of hydrogen-bond donors (Lipinski definition) is 2. The fourth-order valence-corrected chi connectivity index (χ4v) is 6.09. The lowest BCUT2D eigenvalue weighted by atomic mass is 9.95. The van der Waals surface area contributed by atoms with Crippen LogP contribution in [0.15, 0.2) is 54.6 Å². The lowest BCUT2D eigenvalue weighted by Gasteiger charge is -2.31. The zero-order chi connectivity index (χ0) is 20.2. The number of benzene rings is 2. The number of nitrogens with one attached hydrogen (secondary N) is 1. The number of phenols is 1. The number of carbonyl (C=O) groups excluding carboxylic acids is 1. The molecule has 1 amide bonds. The van der Waals surface area contributed by atoms with Crippen molar-refractivity contribution >= 4 is 15.7 Å². The molecule has 0 bridgehead atoms. The van der Waals surface area contributed by atoms with Crippen LogP contribution in [0.2, 0.25) is 0 Å². The Labute approximate surface area is 167 Å². The number of para-hydroxylation sites is 1. The maximum absolute atomic E-state index is 13.3. The second kappa shape index (κ2) is 6.45. The van der Waals surface area contributed by atoms with Crippen molar-refractivity contribution in [2.45, 2.75) is 18.5 Å². The minimum Gasteiger partial charge on any atom is -0.507 e. The van der Waals surface area contributed by atoms with Crippen molar-refractivity contribution in [3.8, 4) is 17.0 Å². The van der Waals surface area contributed by atoms with Gasteiger partial charge in [0, 0.05) is 17.2 Å². The number of aromatic nitrogens is 2. The second-order valence-corrected chi connectivity index (χ2v) is 9.69. The number of hydrogen-bond acceptors (Lipinski definition) is 5. The summed E-state index contributed by atoms with van der Waals surface area (Å²) >= 11 is 0. The zero-order valence-electron chi connectivity index (χ0n) is 15.4. The minimum atomic E-state index is -3.16. The predicted octanol–water partition coefficient (Wildman–Crippen LogP) is 2.51. The SMILES string of the molecule is O=C1c2[nH]nc(-c3ccccc3O)c2[C@H](c2ccccc2)N1[C@@H]1CCS(=O)(=O)C1. The summed E-state index contributed by atoms with van der Waals surface area (Å²) in [5.74, 6) is -0.138. The first-order valence-electron chi connectivity index (χ1n) is 9.41. The van der Waals surface area contributed by atoms with E-state index in [1.54, 1.807) is 29.2 Å². The minimum absolute atomic E-state index is 0.0360. The standard InChI is InChI=1S/C21H19N3O4S/c25-16-9-5-4-8-15(16)18-17-19(23-22-18)21(26)24(14-10-11-29(27,28)12-14)20(17)13-6-2-1-3-7-13/h1-9,14,20,25H,10-12H2,(H,22,23)/t14-,20+/m1/s1. The average molecular weight is 409 g/mol. The van der Waals surface area contributed by atoms with Crippen LogP contribution in [0.1, 0.15) is 34.1 Å². The van der Waals surface area contributed by atoms with Crippen LogP contribution in [-0.4, -0.2) is 52.1 Å². The van der Waals surface area contributed by atoms with Gasteiger partial charge in [0.25, 0.3) is 5.91 Å². The molecule has 3 heterocycles. The molecule has 8 heteroatoms. The smallest absolute Gasteiger partial charge is 0.273 e. The second-order valence-electron chi connectivity index (χ2n) is 7.46. The molecule has 1 saturated heterocycles. The van der Waals surface area contributed by atoms with E-state index in [0.717, 1.165) is 5.56 Å². The van der Waals surface area contributed by atoms with Crippen molar-refractivity contribution in [2.24, 2.45) is 0 Å². The van der Waals surface area contributed by atoms with Crippen molar-refractivity contribution in [1.29, 1.82) is 0 Å². The molecule has 3 aromatic rings. The van der Waals surface area contributed by atoms with Gasteiger partial charge in [0.2, 0.25) is 0 Å². The van der Waals surface area contributed by atoms with Crippen molar-refractivity contribution in [2.75, 3.05) is 11.5 Å². The monoisotopic (exact) mass is 409 g/mol. The van der Waals surface area contributed by atoms with Gasteiger partial charge in [0.15, 0.2) is 9.84 Å². The first kappa shape index (κ1) is 17.9. The Bertz CT molecular complexity index is 1200. The molecule has 0 radical (unpaired) electrons. The summed E-state index contributed by atoms with van der Waals surface area (Å²) in [4.78, 5) is 15.0. The highest BCUT2D eigenvalue weighted by Gasteiger charge is 2.48.